The lowest BCUT2D eigenvalue weighted by atomic mass is 10.1. The van der Waals surface area contributed by atoms with E-state index in [-0.39, 0.29) is 0 Å². The third-order valence-corrected chi connectivity index (χ3v) is 3.74. The fraction of sp³-hybridized carbons (Fsp3) is 0.571. The fourth-order valence-corrected chi connectivity index (χ4v) is 2.35. The number of rotatable bonds is 9. The van der Waals surface area contributed by atoms with E-state index in [2.05, 4.69) is 42.3 Å². The third kappa shape index (κ3) is 7.42. The fourth-order valence-electron chi connectivity index (χ4n) is 1.68. The van der Waals surface area contributed by atoms with Crippen LogP contribution in [0.2, 0.25) is 0 Å². The predicted molar refractivity (Wildman–Crippen MR) is 76.7 cm³/mol. The number of aliphatic hydroxyl groups excluding tert-OH is 1. The number of hydrogen-bond acceptors (Lipinski definition) is 3. The monoisotopic (exact) mass is 253 g/mol. The van der Waals surface area contributed by atoms with Crippen LogP contribution in [0.1, 0.15) is 12.0 Å². The molecule has 1 rings (SSSR count). The molecule has 0 radical (unpaired) electrons. The molecule has 0 amide bonds. The molecule has 2 nitrogen and oxygen atoms in total. The van der Waals surface area contributed by atoms with Crippen molar-refractivity contribution in [2.45, 2.75) is 12.8 Å². The van der Waals surface area contributed by atoms with Gasteiger partial charge in [-0.15, -0.1) is 0 Å². The van der Waals surface area contributed by atoms with Crippen molar-refractivity contribution in [1.29, 1.82) is 0 Å². The highest BCUT2D eigenvalue weighted by molar-refractivity contribution is 7.99. The van der Waals surface area contributed by atoms with Gasteiger partial charge in [-0.3, -0.25) is 0 Å². The Balaban J connectivity index is 2.03. The lowest BCUT2D eigenvalue weighted by Gasteiger charge is -2.16. The molecule has 17 heavy (non-hydrogen) atoms. The number of aliphatic hydroxyl groups is 1. The Kier molecular flexibility index (Phi) is 8.14. The summed E-state index contributed by atoms with van der Waals surface area (Å²) >= 11 is 1.83. The maximum atomic E-state index is 8.65. The first-order valence-electron chi connectivity index (χ1n) is 6.24. The second-order valence-electron chi connectivity index (χ2n) is 4.23. The summed E-state index contributed by atoms with van der Waals surface area (Å²) in [6, 6.07) is 10.6. The second kappa shape index (κ2) is 9.51. The molecule has 1 N–H and O–H groups in total. The topological polar surface area (TPSA) is 23.5 Å². The smallest absolute Gasteiger partial charge is 0.0521 e. The van der Waals surface area contributed by atoms with E-state index in [1.54, 1.807) is 0 Å². The Bertz CT molecular complexity index is 279. The number of hydrogen-bond donors (Lipinski definition) is 1. The summed E-state index contributed by atoms with van der Waals surface area (Å²) < 4.78 is 0. The van der Waals surface area contributed by atoms with Crippen molar-refractivity contribution in [3.8, 4) is 0 Å². The van der Waals surface area contributed by atoms with Crippen molar-refractivity contribution < 1.29 is 5.11 Å². The molecule has 0 spiro atoms. The third-order valence-electron chi connectivity index (χ3n) is 2.69. The highest BCUT2D eigenvalue weighted by Crippen LogP contribution is 2.04. The van der Waals surface area contributed by atoms with Crippen LogP contribution in [0.25, 0.3) is 0 Å². The first-order chi connectivity index (χ1) is 8.33. The summed E-state index contributed by atoms with van der Waals surface area (Å²) in [5.74, 6) is 2.02. The predicted octanol–water partition coefficient (Wildman–Crippen LogP) is 2.28. The van der Waals surface area contributed by atoms with Gasteiger partial charge in [0.05, 0.1) is 6.61 Å². The summed E-state index contributed by atoms with van der Waals surface area (Å²) in [7, 11) is 2.18. The first-order valence-corrected chi connectivity index (χ1v) is 7.39. The van der Waals surface area contributed by atoms with Crippen LogP contribution in [0, 0.1) is 0 Å². The van der Waals surface area contributed by atoms with E-state index in [1.165, 1.54) is 12.0 Å². The van der Waals surface area contributed by atoms with Crippen LogP contribution in [-0.2, 0) is 6.42 Å². The molecule has 0 aliphatic heterocycles. The Morgan fingerprint density at radius 3 is 2.59 bits per heavy atom. The minimum Gasteiger partial charge on any atom is -0.396 e. The summed E-state index contributed by atoms with van der Waals surface area (Å²) in [5.41, 5.74) is 1.41. The van der Waals surface area contributed by atoms with Crippen molar-refractivity contribution in [1.82, 2.24) is 4.90 Å². The zero-order valence-corrected chi connectivity index (χ0v) is 11.5. The highest BCUT2D eigenvalue weighted by Gasteiger charge is 1.99. The van der Waals surface area contributed by atoms with Gasteiger partial charge in [-0.2, -0.15) is 11.8 Å². The van der Waals surface area contributed by atoms with E-state index in [1.807, 2.05) is 11.8 Å². The Morgan fingerprint density at radius 1 is 1.12 bits per heavy atom. The van der Waals surface area contributed by atoms with Crippen LogP contribution in [0.5, 0.6) is 0 Å². The van der Waals surface area contributed by atoms with Gasteiger partial charge >= 0.3 is 0 Å². The summed E-state index contributed by atoms with van der Waals surface area (Å²) in [6.45, 7) is 2.56. The van der Waals surface area contributed by atoms with Crippen molar-refractivity contribution >= 4 is 11.8 Å². The average molecular weight is 253 g/mol. The van der Waals surface area contributed by atoms with Gasteiger partial charge in [0, 0.05) is 12.3 Å². The van der Waals surface area contributed by atoms with Gasteiger partial charge in [0.25, 0.3) is 0 Å². The standard InChI is InChI=1S/C14H23NOS/c1-15(9-5-12-17-13-11-16)10-8-14-6-3-2-4-7-14/h2-4,6-7,16H,5,8-13H2,1H3. The molecule has 0 unspecified atom stereocenters. The molecule has 0 aliphatic rings. The molecule has 0 fully saturated rings. The first kappa shape index (κ1) is 14.6. The van der Waals surface area contributed by atoms with Crippen LogP contribution in [0.4, 0.5) is 0 Å². The quantitative estimate of drug-likeness (QED) is 0.683. The number of thioether (sulfide) groups is 1. The Hall–Kier alpha value is -0.510. The maximum Gasteiger partial charge on any atom is 0.0521 e. The van der Waals surface area contributed by atoms with Crippen LogP contribution in [0.3, 0.4) is 0 Å². The van der Waals surface area contributed by atoms with Crippen LogP contribution in [-0.4, -0.2) is 48.3 Å². The molecule has 0 aromatic heterocycles. The van der Waals surface area contributed by atoms with E-state index < -0.39 is 0 Å². The van der Waals surface area contributed by atoms with Gasteiger partial charge in [-0.05, 0) is 37.8 Å². The van der Waals surface area contributed by atoms with Gasteiger partial charge < -0.3 is 10.0 Å². The summed E-state index contributed by atoms with van der Waals surface area (Å²) in [5, 5.41) is 8.65. The van der Waals surface area contributed by atoms with E-state index in [0.717, 1.165) is 31.0 Å². The van der Waals surface area contributed by atoms with Gasteiger partial charge in [0.15, 0.2) is 0 Å². The van der Waals surface area contributed by atoms with Crippen molar-refractivity contribution in [3.05, 3.63) is 35.9 Å². The van der Waals surface area contributed by atoms with E-state index >= 15 is 0 Å². The zero-order chi connectivity index (χ0) is 12.3. The second-order valence-corrected chi connectivity index (χ2v) is 5.45. The lowest BCUT2D eigenvalue weighted by molar-refractivity contribution is 0.322. The Morgan fingerprint density at radius 2 is 1.88 bits per heavy atom. The van der Waals surface area contributed by atoms with Crippen molar-refractivity contribution in [3.63, 3.8) is 0 Å². The number of likely N-dealkylation sites (N-methyl/N-ethyl adjacent to an activating group) is 1. The number of nitrogens with zero attached hydrogens (tertiary/aromatic N) is 1. The van der Waals surface area contributed by atoms with E-state index in [0.29, 0.717) is 6.61 Å². The van der Waals surface area contributed by atoms with Crippen molar-refractivity contribution in [2.24, 2.45) is 0 Å². The molecule has 0 saturated heterocycles. The molecule has 1 aromatic carbocycles. The van der Waals surface area contributed by atoms with Gasteiger partial charge in [-0.1, -0.05) is 30.3 Å². The average Bonchev–Trinajstić information content (AvgIpc) is 2.37. The molecule has 0 saturated carbocycles. The largest absolute Gasteiger partial charge is 0.396 e. The van der Waals surface area contributed by atoms with Crippen LogP contribution >= 0.6 is 11.8 Å². The normalized spacial score (nSPS) is 11.0. The molecule has 3 heteroatoms. The molecular formula is C14H23NOS. The minimum atomic E-state index is 0.300. The van der Waals surface area contributed by atoms with E-state index in [4.69, 9.17) is 5.11 Å². The summed E-state index contributed by atoms with van der Waals surface area (Å²) in [6.07, 6.45) is 2.33. The molecule has 1 aromatic rings. The molecule has 0 atom stereocenters. The highest BCUT2D eigenvalue weighted by atomic mass is 32.2. The summed E-state index contributed by atoms with van der Waals surface area (Å²) in [4.78, 5) is 2.38. The zero-order valence-electron chi connectivity index (χ0n) is 10.6. The lowest BCUT2D eigenvalue weighted by Crippen LogP contribution is -2.22. The molecule has 0 aliphatic carbocycles. The number of benzene rings is 1. The van der Waals surface area contributed by atoms with Crippen molar-refractivity contribution in [2.75, 3.05) is 38.2 Å². The van der Waals surface area contributed by atoms with E-state index in [9.17, 15) is 0 Å². The van der Waals surface area contributed by atoms with Gasteiger partial charge in [-0.25, -0.2) is 0 Å². The maximum absolute atomic E-state index is 8.65. The Labute approximate surface area is 109 Å². The van der Waals surface area contributed by atoms with Gasteiger partial charge in [0.1, 0.15) is 0 Å². The molecular weight excluding hydrogens is 230 g/mol. The molecule has 0 heterocycles. The molecule has 0 bridgehead atoms. The SMILES string of the molecule is CN(CCCSCCO)CCc1ccccc1. The molecule has 96 valence electrons. The van der Waals surface area contributed by atoms with Crippen LogP contribution in [0.15, 0.2) is 30.3 Å². The van der Waals surface area contributed by atoms with Crippen LogP contribution < -0.4 is 0 Å². The minimum absolute atomic E-state index is 0.300. The van der Waals surface area contributed by atoms with Gasteiger partial charge in [0.2, 0.25) is 0 Å².